The minimum Gasteiger partial charge on any atom is -0.480 e. The molecule has 21 heavy (non-hydrogen) atoms. The van der Waals surface area contributed by atoms with Crippen LogP contribution in [0.4, 0.5) is 0 Å². The van der Waals surface area contributed by atoms with Gasteiger partial charge in [0.15, 0.2) is 0 Å². The van der Waals surface area contributed by atoms with E-state index in [0.29, 0.717) is 12.8 Å². The lowest BCUT2D eigenvalue weighted by atomic mass is 9.94. The van der Waals surface area contributed by atoms with Gasteiger partial charge in [0.25, 0.3) is 0 Å². The maximum atomic E-state index is 10.8. The number of aryl methyl sites for hydroxylation is 1. The molecule has 0 unspecified atom stereocenters. The van der Waals surface area contributed by atoms with Gasteiger partial charge in [0, 0.05) is 30.3 Å². The quantitative estimate of drug-likeness (QED) is 0.806. The minimum absolute atomic E-state index is 0.0812. The summed E-state index contributed by atoms with van der Waals surface area (Å²) in [7, 11) is 0. The zero-order valence-corrected chi connectivity index (χ0v) is 12.0. The van der Waals surface area contributed by atoms with Gasteiger partial charge in [-0.1, -0.05) is 6.07 Å². The zero-order chi connectivity index (χ0) is 15.2. The van der Waals surface area contributed by atoms with Crippen molar-refractivity contribution in [2.24, 2.45) is 5.73 Å². The molecule has 0 radical (unpaired) electrons. The van der Waals surface area contributed by atoms with Gasteiger partial charge in [-0.15, -0.1) is 0 Å². The molecule has 1 amide bonds. The second-order valence-corrected chi connectivity index (χ2v) is 5.49. The van der Waals surface area contributed by atoms with Crippen molar-refractivity contribution in [3.63, 3.8) is 0 Å². The minimum atomic E-state index is -0.793. The summed E-state index contributed by atoms with van der Waals surface area (Å²) >= 11 is 0. The van der Waals surface area contributed by atoms with Crippen molar-refractivity contribution in [1.29, 1.82) is 0 Å². The van der Waals surface area contributed by atoms with E-state index in [1.54, 1.807) is 0 Å². The fraction of sp³-hybridized carbons (Fsp3) is 0.533. The van der Waals surface area contributed by atoms with Crippen molar-refractivity contribution in [2.45, 2.75) is 31.6 Å². The molecule has 0 saturated carbocycles. The van der Waals surface area contributed by atoms with Gasteiger partial charge < -0.3 is 10.8 Å². The Balaban J connectivity index is 2.01. The number of carbonyl (C=O) groups excluding carboxylic acids is 1. The van der Waals surface area contributed by atoms with Crippen LogP contribution in [0.5, 0.6) is 0 Å². The van der Waals surface area contributed by atoms with Crippen LogP contribution in [0.3, 0.4) is 0 Å². The summed E-state index contributed by atoms with van der Waals surface area (Å²) in [6.45, 7) is 1.63. The molecule has 114 valence electrons. The van der Waals surface area contributed by atoms with Crippen LogP contribution in [0.2, 0.25) is 0 Å². The maximum Gasteiger partial charge on any atom is 0.317 e. The number of likely N-dealkylation sites (tertiary alicyclic amines) is 1. The molecule has 1 saturated heterocycles. The molecule has 6 nitrogen and oxygen atoms in total. The van der Waals surface area contributed by atoms with E-state index in [2.05, 4.69) is 4.98 Å². The predicted octanol–water partition coefficient (Wildman–Crippen LogP) is 0.763. The Kier molecular flexibility index (Phi) is 5.27. The van der Waals surface area contributed by atoms with Crippen LogP contribution in [0.1, 0.15) is 36.6 Å². The second kappa shape index (κ2) is 7.17. The first-order valence-electron chi connectivity index (χ1n) is 7.23. The number of piperidine rings is 1. The molecule has 2 rings (SSSR count). The van der Waals surface area contributed by atoms with Crippen molar-refractivity contribution >= 4 is 11.9 Å². The summed E-state index contributed by atoms with van der Waals surface area (Å²) in [5.74, 6) is -0.863. The molecule has 2 heterocycles. The van der Waals surface area contributed by atoms with E-state index in [0.717, 1.165) is 37.3 Å². The number of amides is 1. The van der Waals surface area contributed by atoms with E-state index >= 15 is 0 Å². The fourth-order valence-electron chi connectivity index (χ4n) is 2.75. The number of primary amides is 1. The van der Waals surface area contributed by atoms with Gasteiger partial charge in [0.1, 0.15) is 0 Å². The average Bonchev–Trinajstić information content (AvgIpc) is 2.45. The zero-order valence-electron chi connectivity index (χ0n) is 12.0. The first-order valence-corrected chi connectivity index (χ1v) is 7.23. The normalized spacial score (nSPS) is 19.3. The smallest absolute Gasteiger partial charge is 0.317 e. The number of aromatic nitrogens is 1. The van der Waals surface area contributed by atoms with Crippen LogP contribution >= 0.6 is 0 Å². The van der Waals surface area contributed by atoms with Crippen LogP contribution < -0.4 is 5.73 Å². The van der Waals surface area contributed by atoms with Crippen LogP contribution in [0.25, 0.3) is 0 Å². The van der Waals surface area contributed by atoms with Crippen LogP contribution in [0.15, 0.2) is 18.2 Å². The van der Waals surface area contributed by atoms with Crippen LogP contribution in [0, 0.1) is 0 Å². The van der Waals surface area contributed by atoms with Crippen LogP contribution in [-0.2, 0) is 16.0 Å². The molecule has 1 aliphatic heterocycles. The molecule has 0 aliphatic carbocycles. The molecule has 1 fully saturated rings. The van der Waals surface area contributed by atoms with Gasteiger partial charge in [-0.25, -0.2) is 0 Å². The highest BCUT2D eigenvalue weighted by atomic mass is 16.4. The summed E-state index contributed by atoms with van der Waals surface area (Å²) in [4.78, 5) is 28.2. The van der Waals surface area contributed by atoms with Gasteiger partial charge in [-0.2, -0.15) is 0 Å². The molecule has 0 aromatic carbocycles. The number of nitrogens with zero attached hydrogens (tertiary/aromatic N) is 2. The number of hydrogen-bond acceptors (Lipinski definition) is 4. The Hall–Kier alpha value is -1.95. The van der Waals surface area contributed by atoms with Gasteiger partial charge in [0.05, 0.1) is 6.54 Å². The van der Waals surface area contributed by atoms with Gasteiger partial charge in [0.2, 0.25) is 5.91 Å². The summed E-state index contributed by atoms with van der Waals surface area (Å²) < 4.78 is 0. The number of nitrogens with two attached hydrogens (primary N) is 1. The van der Waals surface area contributed by atoms with Crippen molar-refractivity contribution in [2.75, 3.05) is 19.6 Å². The highest BCUT2D eigenvalue weighted by molar-refractivity contribution is 5.73. The van der Waals surface area contributed by atoms with E-state index in [4.69, 9.17) is 10.8 Å². The van der Waals surface area contributed by atoms with Crippen molar-refractivity contribution < 1.29 is 14.7 Å². The Bertz CT molecular complexity index is 519. The maximum absolute atomic E-state index is 10.8. The first kappa shape index (κ1) is 15.4. The number of carbonyl (C=O) groups is 2. The van der Waals surface area contributed by atoms with E-state index < -0.39 is 5.97 Å². The van der Waals surface area contributed by atoms with Crippen molar-refractivity contribution in [3.05, 3.63) is 29.6 Å². The number of pyridine rings is 1. The SMILES string of the molecule is NC(=O)CCc1cccc([C@@H]2CCCN(CC(=O)O)C2)n1. The number of hydrogen-bond donors (Lipinski definition) is 2. The molecule has 0 spiro atoms. The summed E-state index contributed by atoms with van der Waals surface area (Å²) in [6.07, 6.45) is 2.84. The van der Waals surface area contributed by atoms with E-state index in [1.165, 1.54) is 0 Å². The lowest BCUT2D eigenvalue weighted by Crippen LogP contribution is -2.38. The number of carboxylic acid groups (broad SMARTS) is 1. The molecule has 1 aliphatic rings. The molecule has 1 aromatic rings. The van der Waals surface area contributed by atoms with E-state index in [-0.39, 0.29) is 18.4 Å². The third-order valence-electron chi connectivity index (χ3n) is 3.74. The molecule has 3 N–H and O–H groups in total. The monoisotopic (exact) mass is 291 g/mol. The summed E-state index contributed by atoms with van der Waals surface area (Å²) in [5.41, 5.74) is 7.00. The molecular formula is C15H21N3O3. The molecule has 6 heteroatoms. The number of rotatable bonds is 6. The Morgan fingerprint density at radius 1 is 1.43 bits per heavy atom. The Morgan fingerprint density at radius 3 is 2.95 bits per heavy atom. The molecular weight excluding hydrogens is 270 g/mol. The summed E-state index contributed by atoms with van der Waals surface area (Å²) in [6, 6.07) is 5.81. The fourth-order valence-corrected chi connectivity index (χ4v) is 2.75. The average molecular weight is 291 g/mol. The highest BCUT2D eigenvalue weighted by Crippen LogP contribution is 2.25. The predicted molar refractivity (Wildman–Crippen MR) is 77.8 cm³/mol. The molecule has 1 atom stereocenters. The topological polar surface area (TPSA) is 96.5 Å². The Labute approximate surface area is 124 Å². The van der Waals surface area contributed by atoms with E-state index in [1.807, 2.05) is 23.1 Å². The third-order valence-corrected chi connectivity index (χ3v) is 3.74. The lowest BCUT2D eigenvalue weighted by molar-refractivity contribution is -0.138. The van der Waals surface area contributed by atoms with Gasteiger partial charge >= 0.3 is 5.97 Å². The van der Waals surface area contributed by atoms with Gasteiger partial charge in [-0.05, 0) is 37.9 Å². The van der Waals surface area contributed by atoms with Crippen molar-refractivity contribution in [3.8, 4) is 0 Å². The van der Waals surface area contributed by atoms with E-state index in [9.17, 15) is 9.59 Å². The Morgan fingerprint density at radius 2 is 2.24 bits per heavy atom. The highest BCUT2D eigenvalue weighted by Gasteiger charge is 2.23. The molecule has 1 aromatic heterocycles. The molecule has 0 bridgehead atoms. The second-order valence-electron chi connectivity index (χ2n) is 5.49. The first-order chi connectivity index (χ1) is 10.0. The van der Waals surface area contributed by atoms with Gasteiger partial charge in [-0.3, -0.25) is 19.5 Å². The summed E-state index contributed by atoms with van der Waals surface area (Å²) in [5, 5.41) is 8.89. The third kappa shape index (κ3) is 4.82. The lowest BCUT2D eigenvalue weighted by Gasteiger charge is -2.31. The number of carboxylic acids is 1. The van der Waals surface area contributed by atoms with Crippen LogP contribution in [-0.4, -0.2) is 46.5 Å². The largest absolute Gasteiger partial charge is 0.480 e. The van der Waals surface area contributed by atoms with Crippen molar-refractivity contribution in [1.82, 2.24) is 9.88 Å². The number of aliphatic carboxylic acids is 1. The standard InChI is InChI=1S/C15H21N3O3/c16-14(19)7-6-12-4-1-5-13(17-12)11-3-2-8-18(9-11)10-15(20)21/h1,4-5,11H,2-3,6-10H2,(H2,16,19)(H,20,21)/t11-/m1/s1.